The molecule has 1 aliphatic carbocycles. The first-order chi connectivity index (χ1) is 13.7. The van der Waals surface area contributed by atoms with Crippen LogP contribution in [0.4, 0.5) is 0 Å². The highest BCUT2D eigenvalue weighted by molar-refractivity contribution is 5.79. The predicted octanol–water partition coefficient (Wildman–Crippen LogP) is 4.63. The highest BCUT2D eigenvalue weighted by Crippen LogP contribution is 2.24. The van der Waals surface area contributed by atoms with E-state index in [1.165, 1.54) is 30.4 Å². The summed E-state index contributed by atoms with van der Waals surface area (Å²) in [4.78, 5) is 17.3. The van der Waals surface area contributed by atoms with Crippen molar-refractivity contribution in [2.45, 2.75) is 52.0 Å². The lowest BCUT2D eigenvalue weighted by Crippen LogP contribution is -2.33. The van der Waals surface area contributed by atoms with Gasteiger partial charge in [0.2, 0.25) is 5.91 Å². The number of imidazole rings is 1. The molecule has 4 nitrogen and oxygen atoms in total. The Morgan fingerprint density at radius 1 is 1.07 bits per heavy atom. The van der Waals surface area contributed by atoms with Crippen molar-refractivity contribution in [3.8, 4) is 0 Å². The summed E-state index contributed by atoms with van der Waals surface area (Å²) in [5.41, 5.74) is 4.76. The van der Waals surface area contributed by atoms with Crippen molar-refractivity contribution in [3.63, 3.8) is 0 Å². The van der Waals surface area contributed by atoms with Gasteiger partial charge in [-0.25, -0.2) is 4.98 Å². The van der Waals surface area contributed by atoms with Crippen LogP contribution in [0.2, 0.25) is 0 Å². The Morgan fingerprint density at radius 2 is 1.82 bits per heavy atom. The molecule has 1 fully saturated rings. The van der Waals surface area contributed by atoms with Crippen LogP contribution in [0.5, 0.6) is 0 Å². The molecule has 1 amide bonds. The largest absolute Gasteiger partial charge is 0.355 e. The van der Waals surface area contributed by atoms with Gasteiger partial charge >= 0.3 is 0 Å². The number of nitrogens with zero attached hydrogens (tertiary/aromatic N) is 2. The fourth-order valence-corrected chi connectivity index (χ4v) is 4.26. The van der Waals surface area contributed by atoms with E-state index in [2.05, 4.69) is 59.3 Å². The summed E-state index contributed by atoms with van der Waals surface area (Å²) in [6, 6.07) is 16.8. The zero-order valence-corrected chi connectivity index (χ0v) is 16.7. The summed E-state index contributed by atoms with van der Waals surface area (Å²) in [6.07, 6.45) is 6.47. The number of hydrogen-bond acceptors (Lipinski definition) is 2. The standard InChI is InChI=1S/C24H29N3O/c1-18-9-5-6-12-20(18)17-27-22-14-8-7-13-21(22)26-23(27)15-16-25-24(28)19-10-3-2-4-11-19/h5-9,12-14,19H,2-4,10-11,15-17H2,1H3,(H,25,28). The lowest BCUT2D eigenvalue weighted by atomic mass is 9.89. The van der Waals surface area contributed by atoms with E-state index in [1.54, 1.807) is 0 Å². The Kier molecular flexibility index (Phi) is 5.75. The second-order valence-corrected chi connectivity index (χ2v) is 7.91. The van der Waals surface area contributed by atoms with Crippen molar-refractivity contribution in [1.82, 2.24) is 14.9 Å². The van der Waals surface area contributed by atoms with Crippen molar-refractivity contribution < 1.29 is 4.79 Å². The third-order valence-electron chi connectivity index (χ3n) is 5.95. The van der Waals surface area contributed by atoms with Crippen LogP contribution in [0.1, 0.15) is 49.1 Å². The van der Waals surface area contributed by atoms with Crippen LogP contribution >= 0.6 is 0 Å². The van der Waals surface area contributed by atoms with Gasteiger partial charge in [-0.15, -0.1) is 0 Å². The van der Waals surface area contributed by atoms with Gasteiger partial charge in [0.15, 0.2) is 0 Å². The first kappa shape index (κ1) is 18.7. The van der Waals surface area contributed by atoms with Gasteiger partial charge < -0.3 is 9.88 Å². The van der Waals surface area contributed by atoms with Gasteiger partial charge in [-0.05, 0) is 43.0 Å². The molecule has 0 aliphatic heterocycles. The quantitative estimate of drug-likeness (QED) is 0.683. The molecule has 0 unspecified atom stereocenters. The van der Waals surface area contributed by atoms with Crippen molar-refractivity contribution in [2.24, 2.45) is 5.92 Å². The first-order valence-electron chi connectivity index (χ1n) is 10.5. The molecule has 1 N–H and O–H groups in total. The number of aryl methyl sites for hydroxylation is 1. The van der Waals surface area contributed by atoms with Crippen LogP contribution in [0.15, 0.2) is 48.5 Å². The summed E-state index contributed by atoms with van der Waals surface area (Å²) in [7, 11) is 0. The number of rotatable bonds is 6. The minimum atomic E-state index is 0.208. The number of amides is 1. The van der Waals surface area contributed by atoms with E-state index >= 15 is 0 Å². The minimum absolute atomic E-state index is 0.208. The Labute approximate surface area is 167 Å². The Bertz CT molecular complexity index is 953. The third-order valence-corrected chi connectivity index (χ3v) is 5.95. The monoisotopic (exact) mass is 375 g/mol. The number of hydrogen-bond donors (Lipinski definition) is 1. The van der Waals surface area contributed by atoms with E-state index in [4.69, 9.17) is 4.98 Å². The number of para-hydroxylation sites is 2. The summed E-state index contributed by atoms with van der Waals surface area (Å²) in [5.74, 6) is 1.47. The molecule has 1 aromatic heterocycles. The number of carbonyl (C=O) groups is 1. The molecule has 1 aliphatic rings. The number of benzene rings is 2. The van der Waals surface area contributed by atoms with E-state index in [0.717, 1.165) is 42.7 Å². The fraction of sp³-hybridized carbons (Fsp3) is 0.417. The summed E-state index contributed by atoms with van der Waals surface area (Å²) < 4.78 is 2.30. The Morgan fingerprint density at radius 3 is 2.64 bits per heavy atom. The molecule has 3 aromatic rings. The molecule has 4 rings (SSSR count). The van der Waals surface area contributed by atoms with Crippen LogP contribution in [0.3, 0.4) is 0 Å². The minimum Gasteiger partial charge on any atom is -0.355 e. The van der Waals surface area contributed by atoms with Gasteiger partial charge in [-0.3, -0.25) is 4.79 Å². The molecule has 0 spiro atoms. The topological polar surface area (TPSA) is 46.9 Å². The maximum atomic E-state index is 12.4. The first-order valence-corrected chi connectivity index (χ1v) is 10.5. The number of carbonyl (C=O) groups excluding carboxylic acids is 1. The fourth-order valence-electron chi connectivity index (χ4n) is 4.26. The molecular weight excluding hydrogens is 346 g/mol. The van der Waals surface area contributed by atoms with Crippen molar-refractivity contribution in [2.75, 3.05) is 6.54 Å². The molecule has 0 radical (unpaired) electrons. The highest BCUT2D eigenvalue weighted by atomic mass is 16.1. The molecule has 2 aromatic carbocycles. The van der Waals surface area contributed by atoms with E-state index in [9.17, 15) is 4.79 Å². The maximum absolute atomic E-state index is 12.4. The normalized spacial score (nSPS) is 15.0. The zero-order valence-electron chi connectivity index (χ0n) is 16.7. The van der Waals surface area contributed by atoms with Crippen LogP contribution in [-0.4, -0.2) is 22.0 Å². The molecule has 146 valence electrons. The third kappa shape index (κ3) is 4.11. The number of aromatic nitrogens is 2. The molecular formula is C24H29N3O. The van der Waals surface area contributed by atoms with Crippen molar-refractivity contribution in [1.29, 1.82) is 0 Å². The van der Waals surface area contributed by atoms with Gasteiger partial charge in [0, 0.05) is 25.4 Å². The van der Waals surface area contributed by atoms with Crippen LogP contribution < -0.4 is 5.32 Å². The lowest BCUT2D eigenvalue weighted by Gasteiger charge is -2.20. The van der Waals surface area contributed by atoms with Crippen LogP contribution in [0.25, 0.3) is 11.0 Å². The van der Waals surface area contributed by atoms with E-state index in [-0.39, 0.29) is 11.8 Å². The molecule has 1 saturated carbocycles. The van der Waals surface area contributed by atoms with E-state index < -0.39 is 0 Å². The van der Waals surface area contributed by atoms with E-state index in [0.29, 0.717) is 6.54 Å². The second-order valence-electron chi connectivity index (χ2n) is 7.91. The second kappa shape index (κ2) is 8.59. The van der Waals surface area contributed by atoms with Gasteiger partial charge in [0.25, 0.3) is 0 Å². The average Bonchev–Trinajstić information content (AvgIpc) is 3.08. The van der Waals surface area contributed by atoms with Gasteiger partial charge in [0.05, 0.1) is 11.0 Å². The molecule has 0 saturated heterocycles. The number of nitrogens with one attached hydrogen (secondary N) is 1. The van der Waals surface area contributed by atoms with Crippen LogP contribution in [0, 0.1) is 12.8 Å². The van der Waals surface area contributed by atoms with Gasteiger partial charge in [0.1, 0.15) is 5.82 Å². The lowest BCUT2D eigenvalue weighted by molar-refractivity contribution is -0.125. The van der Waals surface area contributed by atoms with Gasteiger partial charge in [-0.2, -0.15) is 0 Å². The molecule has 4 heteroatoms. The summed E-state index contributed by atoms with van der Waals surface area (Å²) in [5, 5.41) is 3.16. The predicted molar refractivity (Wildman–Crippen MR) is 113 cm³/mol. The zero-order chi connectivity index (χ0) is 19.3. The molecule has 0 bridgehead atoms. The van der Waals surface area contributed by atoms with Crippen LogP contribution in [-0.2, 0) is 17.8 Å². The Hall–Kier alpha value is -2.62. The SMILES string of the molecule is Cc1ccccc1Cn1c(CCNC(=O)C2CCCCC2)nc2ccccc21. The summed E-state index contributed by atoms with van der Waals surface area (Å²) >= 11 is 0. The number of fused-ring (bicyclic) bond motifs is 1. The average molecular weight is 376 g/mol. The smallest absolute Gasteiger partial charge is 0.223 e. The molecule has 28 heavy (non-hydrogen) atoms. The maximum Gasteiger partial charge on any atom is 0.223 e. The van der Waals surface area contributed by atoms with Crippen molar-refractivity contribution in [3.05, 3.63) is 65.5 Å². The molecule has 0 atom stereocenters. The summed E-state index contributed by atoms with van der Waals surface area (Å²) in [6.45, 7) is 3.60. The highest BCUT2D eigenvalue weighted by Gasteiger charge is 2.21. The van der Waals surface area contributed by atoms with E-state index in [1.807, 2.05) is 6.07 Å². The van der Waals surface area contributed by atoms with Crippen molar-refractivity contribution >= 4 is 16.9 Å². The van der Waals surface area contributed by atoms with Gasteiger partial charge in [-0.1, -0.05) is 55.7 Å². The molecule has 1 heterocycles. The Balaban J connectivity index is 1.50.